The van der Waals surface area contributed by atoms with Gasteiger partial charge in [0.25, 0.3) is 0 Å². The van der Waals surface area contributed by atoms with Gasteiger partial charge in [-0.3, -0.25) is 4.98 Å². The Morgan fingerprint density at radius 1 is 1.21 bits per heavy atom. The molecule has 0 bridgehead atoms. The first-order chi connectivity index (χ1) is 16.5. The van der Waals surface area contributed by atoms with Crippen LogP contribution in [0.25, 0.3) is 33.3 Å². The van der Waals surface area contributed by atoms with E-state index in [1.807, 2.05) is 32.2 Å². The van der Waals surface area contributed by atoms with Crippen LogP contribution < -0.4 is 0 Å². The number of aryl methyl sites for hydroxylation is 2. The summed E-state index contributed by atoms with van der Waals surface area (Å²) in [7, 11) is 0. The molecule has 1 N–H and O–H groups in total. The van der Waals surface area contributed by atoms with Gasteiger partial charge in [0.2, 0.25) is 0 Å². The van der Waals surface area contributed by atoms with Crippen LogP contribution in [0.2, 0.25) is 0 Å². The van der Waals surface area contributed by atoms with Crippen molar-refractivity contribution in [2.45, 2.75) is 65.2 Å². The summed E-state index contributed by atoms with van der Waals surface area (Å²) in [6, 6.07) is 8.92. The monoisotopic (exact) mass is 449 g/mol. The number of hydrogen-bond acceptors (Lipinski definition) is 4. The lowest BCUT2D eigenvalue weighted by Gasteiger charge is -2.31. The fourth-order valence-corrected chi connectivity index (χ4v) is 5.02. The van der Waals surface area contributed by atoms with Crippen molar-refractivity contribution in [1.29, 1.82) is 0 Å². The van der Waals surface area contributed by atoms with Crippen LogP contribution in [0.5, 0.6) is 0 Å². The average Bonchev–Trinajstić information content (AvgIpc) is 3.33. The van der Waals surface area contributed by atoms with Gasteiger partial charge in [-0.25, -0.2) is 4.39 Å². The third kappa shape index (κ3) is 4.20. The average molecular weight is 450 g/mol. The van der Waals surface area contributed by atoms with Crippen molar-refractivity contribution >= 4 is 11.0 Å². The SMILES string of the molecule is [2H]C([2H])(O)c1ccc(-c2cn(CC3CCC(C)(F)CC3)c3cc(-c4c(C)noc4C)cnc23)cc1. The molecule has 1 fully saturated rings. The second kappa shape index (κ2) is 8.41. The third-order valence-corrected chi connectivity index (χ3v) is 6.97. The number of halogens is 1. The van der Waals surface area contributed by atoms with Gasteiger partial charge in [0, 0.05) is 35.6 Å². The molecule has 1 aromatic carbocycles. The summed E-state index contributed by atoms with van der Waals surface area (Å²) in [6.45, 7) is 3.89. The lowest BCUT2D eigenvalue weighted by molar-refractivity contribution is 0.0985. The topological polar surface area (TPSA) is 64.1 Å². The molecule has 4 aromatic rings. The van der Waals surface area contributed by atoms with Crippen molar-refractivity contribution in [3.8, 4) is 22.3 Å². The molecule has 3 aromatic heterocycles. The number of pyridine rings is 1. The zero-order valence-electron chi connectivity index (χ0n) is 21.2. The maximum Gasteiger partial charge on any atom is 0.141 e. The Labute approximate surface area is 196 Å². The zero-order valence-corrected chi connectivity index (χ0v) is 19.2. The first-order valence-electron chi connectivity index (χ1n) is 12.5. The van der Waals surface area contributed by atoms with Gasteiger partial charge in [-0.1, -0.05) is 29.4 Å². The Hall–Kier alpha value is -2.99. The van der Waals surface area contributed by atoms with Gasteiger partial charge >= 0.3 is 0 Å². The van der Waals surface area contributed by atoms with Gasteiger partial charge in [0.1, 0.15) is 11.4 Å². The summed E-state index contributed by atoms with van der Waals surface area (Å²) in [5.74, 6) is 1.12. The second-order valence-electron chi connectivity index (χ2n) is 9.53. The largest absolute Gasteiger partial charge is 0.392 e. The first kappa shape index (κ1) is 19.5. The summed E-state index contributed by atoms with van der Waals surface area (Å²) in [5, 5.41) is 13.8. The lowest BCUT2D eigenvalue weighted by atomic mass is 9.81. The van der Waals surface area contributed by atoms with Crippen LogP contribution in [0.15, 0.2) is 47.2 Å². The van der Waals surface area contributed by atoms with Crippen LogP contribution >= 0.6 is 0 Å². The summed E-state index contributed by atoms with van der Waals surface area (Å²) in [6.07, 6.45) is 6.77. The van der Waals surface area contributed by atoms with Gasteiger partial charge in [-0.2, -0.15) is 0 Å². The smallest absolute Gasteiger partial charge is 0.141 e. The Kier molecular flexibility index (Phi) is 4.97. The maximum absolute atomic E-state index is 14.4. The Morgan fingerprint density at radius 3 is 2.58 bits per heavy atom. The van der Waals surface area contributed by atoms with E-state index in [-0.39, 0.29) is 5.56 Å². The molecule has 1 aliphatic rings. The molecular weight excluding hydrogens is 417 g/mol. The predicted octanol–water partition coefficient (Wildman–Crippen LogP) is 6.39. The minimum absolute atomic E-state index is 0.204. The maximum atomic E-state index is 14.4. The minimum atomic E-state index is -2.39. The van der Waals surface area contributed by atoms with E-state index in [9.17, 15) is 9.50 Å². The van der Waals surface area contributed by atoms with Crippen LogP contribution in [0.4, 0.5) is 4.39 Å². The standard InChI is InChI=1S/C27H30FN3O2/c1-17-25(18(2)33-30-17)22-12-24-26(29-13-22)23(21-6-4-20(16-32)5-7-21)15-31(24)14-19-8-10-27(3,28)11-9-19/h4-7,12-13,15,19,32H,8-11,14,16H2,1-3H3/i16D2. The number of hydrogen-bond donors (Lipinski definition) is 1. The van der Waals surface area contributed by atoms with Crippen molar-refractivity contribution in [3.05, 3.63) is 59.7 Å². The summed E-state index contributed by atoms with van der Waals surface area (Å²) < 4.78 is 37.1. The third-order valence-electron chi connectivity index (χ3n) is 6.97. The van der Waals surface area contributed by atoms with Crippen molar-refractivity contribution in [3.63, 3.8) is 0 Å². The molecule has 5 nitrogen and oxygen atoms in total. The Morgan fingerprint density at radius 2 is 1.94 bits per heavy atom. The highest BCUT2D eigenvalue weighted by atomic mass is 19.1. The van der Waals surface area contributed by atoms with Crippen LogP contribution in [0, 0.1) is 19.8 Å². The van der Waals surface area contributed by atoms with E-state index in [0.29, 0.717) is 18.8 Å². The molecule has 0 atom stereocenters. The second-order valence-corrected chi connectivity index (χ2v) is 9.53. The molecule has 0 unspecified atom stereocenters. The molecular formula is C27H30FN3O2. The van der Waals surface area contributed by atoms with Gasteiger partial charge in [-0.15, -0.1) is 0 Å². The molecule has 0 radical (unpaired) electrons. The number of alkyl halides is 1. The van der Waals surface area contributed by atoms with Gasteiger partial charge < -0.3 is 14.2 Å². The number of rotatable bonds is 5. The van der Waals surface area contributed by atoms with Gasteiger partial charge in [-0.05, 0) is 69.6 Å². The normalized spacial score (nSPS) is 22.4. The highest BCUT2D eigenvalue weighted by Crippen LogP contribution is 2.38. The minimum Gasteiger partial charge on any atom is -0.392 e. The number of benzene rings is 1. The number of nitrogens with zero attached hydrogens (tertiary/aromatic N) is 3. The van der Waals surface area contributed by atoms with Crippen molar-refractivity contribution in [2.24, 2.45) is 5.92 Å². The number of aromatic nitrogens is 3. The molecule has 6 heteroatoms. The molecule has 0 saturated heterocycles. The van der Waals surface area contributed by atoms with Gasteiger partial charge in [0.05, 0.1) is 26.0 Å². The molecule has 5 rings (SSSR count). The highest BCUT2D eigenvalue weighted by molar-refractivity contribution is 5.95. The molecule has 0 spiro atoms. The Bertz CT molecular complexity index is 1340. The molecule has 3 heterocycles. The van der Waals surface area contributed by atoms with Crippen molar-refractivity contribution in [2.75, 3.05) is 0 Å². The van der Waals surface area contributed by atoms with E-state index in [1.165, 1.54) is 0 Å². The molecule has 1 aliphatic carbocycles. The van der Waals surface area contributed by atoms with Crippen molar-refractivity contribution in [1.82, 2.24) is 14.7 Å². The first-order valence-corrected chi connectivity index (χ1v) is 11.5. The predicted molar refractivity (Wildman–Crippen MR) is 128 cm³/mol. The van der Waals surface area contributed by atoms with E-state index in [0.717, 1.165) is 64.1 Å². The lowest BCUT2D eigenvalue weighted by Crippen LogP contribution is -2.27. The van der Waals surface area contributed by atoms with Crippen molar-refractivity contribution < 1.29 is 16.8 Å². The van der Waals surface area contributed by atoms with E-state index < -0.39 is 12.2 Å². The molecule has 1 saturated carbocycles. The summed E-state index contributed by atoms with van der Waals surface area (Å²) >= 11 is 0. The van der Waals surface area contributed by atoms with Gasteiger partial charge in [0.15, 0.2) is 0 Å². The number of aliphatic hydroxyl groups is 1. The molecule has 0 aliphatic heterocycles. The van der Waals surface area contributed by atoms with Crippen LogP contribution in [-0.4, -0.2) is 25.5 Å². The van der Waals surface area contributed by atoms with E-state index >= 15 is 0 Å². The highest BCUT2D eigenvalue weighted by Gasteiger charge is 2.31. The fourth-order valence-electron chi connectivity index (χ4n) is 5.02. The summed E-state index contributed by atoms with van der Waals surface area (Å²) in [4.78, 5) is 4.83. The molecule has 172 valence electrons. The van der Waals surface area contributed by atoms with Crippen LogP contribution in [-0.2, 0) is 13.1 Å². The summed E-state index contributed by atoms with van der Waals surface area (Å²) in [5.41, 5.74) is 5.45. The van der Waals surface area contributed by atoms with Crippen LogP contribution in [0.3, 0.4) is 0 Å². The number of fused-ring (bicyclic) bond motifs is 1. The zero-order chi connectivity index (χ0) is 25.0. The van der Waals surface area contributed by atoms with E-state index in [4.69, 9.17) is 12.2 Å². The fraction of sp³-hybridized carbons (Fsp3) is 0.407. The Balaban J connectivity index is 1.58. The molecule has 0 amide bonds. The van der Waals surface area contributed by atoms with E-state index in [1.54, 1.807) is 19.1 Å². The quantitative estimate of drug-likeness (QED) is 0.384. The molecule has 33 heavy (non-hydrogen) atoms. The van der Waals surface area contributed by atoms with Crippen LogP contribution in [0.1, 0.15) is 52.4 Å². The van der Waals surface area contributed by atoms with E-state index in [2.05, 4.69) is 22.0 Å².